The molecule has 0 aliphatic carbocycles. The number of amides is 1. The number of hydrogen-bond donors (Lipinski definition) is 2. The lowest BCUT2D eigenvalue weighted by molar-refractivity contribution is -0.274. The van der Waals surface area contributed by atoms with E-state index >= 15 is 0 Å². The number of aromatic nitrogens is 2. The predicted molar refractivity (Wildman–Crippen MR) is 120 cm³/mol. The fourth-order valence-corrected chi connectivity index (χ4v) is 4.81. The Morgan fingerprint density at radius 1 is 1.28 bits per heavy atom. The van der Waals surface area contributed by atoms with Crippen LogP contribution in [0.4, 0.5) is 13.2 Å². The molecule has 3 aromatic rings. The zero-order valence-electron chi connectivity index (χ0n) is 17.6. The van der Waals surface area contributed by atoms with Gasteiger partial charge in [-0.25, -0.2) is 4.98 Å². The number of benzene rings is 1. The van der Waals surface area contributed by atoms with Crippen LogP contribution < -0.4 is 15.6 Å². The largest absolute Gasteiger partial charge is 0.573 e. The van der Waals surface area contributed by atoms with E-state index in [0.29, 0.717) is 34.8 Å². The molecule has 172 valence electrons. The molecule has 6 nitrogen and oxygen atoms in total. The van der Waals surface area contributed by atoms with E-state index in [1.807, 2.05) is 13.8 Å². The van der Waals surface area contributed by atoms with Crippen LogP contribution >= 0.6 is 23.1 Å². The Morgan fingerprint density at radius 2 is 1.97 bits per heavy atom. The van der Waals surface area contributed by atoms with Crippen molar-refractivity contribution < 1.29 is 22.7 Å². The Morgan fingerprint density at radius 3 is 2.62 bits per heavy atom. The number of hydrogen-bond acceptors (Lipinski definition) is 6. The quantitative estimate of drug-likeness (QED) is 0.492. The Bertz CT molecular complexity index is 1160. The first-order valence-corrected chi connectivity index (χ1v) is 11.6. The highest BCUT2D eigenvalue weighted by Crippen LogP contribution is 2.26. The topological polar surface area (TPSA) is 84.1 Å². The van der Waals surface area contributed by atoms with Gasteiger partial charge in [-0.2, -0.15) is 0 Å². The third-order valence-corrected chi connectivity index (χ3v) is 7.05. The SMILES string of the molecule is Cc1sc2nc(CSC(C)C(=O)NCCc3ccc(OC(F)(F)F)cc3)[nH]c(=O)c2c1C. The van der Waals surface area contributed by atoms with Gasteiger partial charge in [0.25, 0.3) is 5.56 Å². The van der Waals surface area contributed by atoms with Crippen molar-refractivity contribution in [2.24, 2.45) is 0 Å². The number of fused-ring (bicyclic) bond motifs is 1. The molecule has 1 atom stereocenters. The zero-order valence-corrected chi connectivity index (χ0v) is 19.3. The number of ether oxygens (including phenoxy) is 1. The first-order chi connectivity index (χ1) is 15.0. The van der Waals surface area contributed by atoms with E-state index < -0.39 is 6.36 Å². The second kappa shape index (κ2) is 9.95. The second-order valence-electron chi connectivity index (χ2n) is 7.16. The summed E-state index contributed by atoms with van der Waals surface area (Å²) in [5.74, 6) is 0.456. The highest BCUT2D eigenvalue weighted by molar-refractivity contribution is 7.99. The van der Waals surface area contributed by atoms with Gasteiger partial charge in [-0.1, -0.05) is 12.1 Å². The van der Waals surface area contributed by atoms with Crippen molar-refractivity contribution in [1.82, 2.24) is 15.3 Å². The molecule has 0 saturated carbocycles. The molecule has 0 aliphatic rings. The normalized spacial score (nSPS) is 12.7. The van der Waals surface area contributed by atoms with Crippen LogP contribution in [0, 0.1) is 13.8 Å². The molecule has 3 rings (SSSR count). The van der Waals surface area contributed by atoms with Gasteiger partial charge in [-0.15, -0.1) is 36.3 Å². The molecule has 1 amide bonds. The lowest BCUT2D eigenvalue weighted by Gasteiger charge is -2.12. The summed E-state index contributed by atoms with van der Waals surface area (Å²) in [6, 6.07) is 5.53. The first-order valence-electron chi connectivity index (χ1n) is 9.76. The number of thioether (sulfide) groups is 1. The van der Waals surface area contributed by atoms with E-state index in [0.717, 1.165) is 16.0 Å². The molecule has 0 bridgehead atoms. The van der Waals surface area contributed by atoms with Crippen molar-refractivity contribution in [3.63, 3.8) is 0 Å². The van der Waals surface area contributed by atoms with E-state index in [2.05, 4.69) is 20.0 Å². The fourth-order valence-electron chi connectivity index (χ4n) is 2.98. The minimum Gasteiger partial charge on any atom is -0.406 e. The summed E-state index contributed by atoms with van der Waals surface area (Å²) in [5, 5.41) is 3.06. The molecular formula is C21H22F3N3O3S2. The van der Waals surface area contributed by atoms with Crippen molar-refractivity contribution >= 4 is 39.2 Å². The number of nitrogens with zero attached hydrogens (tertiary/aromatic N) is 1. The van der Waals surface area contributed by atoms with E-state index in [1.54, 1.807) is 6.92 Å². The van der Waals surface area contributed by atoms with Crippen LogP contribution in [-0.2, 0) is 17.0 Å². The Labute approximate surface area is 190 Å². The van der Waals surface area contributed by atoms with Crippen molar-refractivity contribution in [3.05, 3.63) is 56.4 Å². The number of H-pyrrole nitrogens is 1. The number of nitrogens with one attached hydrogen (secondary N) is 2. The van der Waals surface area contributed by atoms with Gasteiger partial charge in [-0.05, 0) is 50.5 Å². The molecule has 0 spiro atoms. The van der Waals surface area contributed by atoms with Crippen molar-refractivity contribution in [2.75, 3.05) is 6.54 Å². The molecular weight excluding hydrogens is 463 g/mol. The molecule has 0 aliphatic heterocycles. The highest BCUT2D eigenvalue weighted by Gasteiger charge is 2.30. The van der Waals surface area contributed by atoms with E-state index in [1.165, 1.54) is 47.4 Å². The van der Waals surface area contributed by atoms with Gasteiger partial charge >= 0.3 is 6.36 Å². The zero-order chi connectivity index (χ0) is 23.5. The standard InChI is InChI=1S/C21H22F3N3O3S2/c1-11-12(2)32-20-17(11)19(29)26-16(27-20)10-31-13(3)18(28)25-9-8-14-4-6-15(7-5-14)30-21(22,23)24/h4-7,13H,8-10H2,1-3H3,(H,25,28)(H,26,27,29). The predicted octanol–water partition coefficient (Wildman–Crippen LogP) is 4.48. The minimum atomic E-state index is -4.72. The van der Waals surface area contributed by atoms with Gasteiger partial charge in [0.1, 0.15) is 16.4 Å². The minimum absolute atomic E-state index is 0.168. The van der Waals surface area contributed by atoms with Crippen LogP contribution in [0.2, 0.25) is 0 Å². The maximum absolute atomic E-state index is 12.3. The third-order valence-electron chi connectivity index (χ3n) is 4.80. The van der Waals surface area contributed by atoms with Gasteiger partial charge < -0.3 is 15.0 Å². The lowest BCUT2D eigenvalue weighted by Crippen LogP contribution is -2.32. The van der Waals surface area contributed by atoms with Crippen LogP contribution in [0.25, 0.3) is 10.2 Å². The summed E-state index contributed by atoms with van der Waals surface area (Å²) in [6.07, 6.45) is -4.25. The number of thiophene rings is 1. The number of rotatable bonds is 8. The molecule has 2 heterocycles. The molecule has 2 aromatic heterocycles. The van der Waals surface area contributed by atoms with Crippen LogP contribution in [0.1, 0.15) is 28.8 Å². The molecule has 0 saturated heterocycles. The molecule has 2 N–H and O–H groups in total. The van der Waals surface area contributed by atoms with E-state index in [-0.39, 0.29) is 22.5 Å². The average molecular weight is 486 g/mol. The summed E-state index contributed by atoms with van der Waals surface area (Å²) in [4.78, 5) is 33.7. The van der Waals surface area contributed by atoms with Gasteiger partial charge in [0.2, 0.25) is 5.91 Å². The number of carbonyl (C=O) groups excluding carboxylic acids is 1. The Balaban J connectivity index is 1.47. The second-order valence-corrected chi connectivity index (χ2v) is 9.69. The molecule has 1 aromatic carbocycles. The molecule has 1 unspecified atom stereocenters. The van der Waals surface area contributed by atoms with E-state index in [9.17, 15) is 22.8 Å². The fraction of sp³-hybridized carbons (Fsp3) is 0.381. The van der Waals surface area contributed by atoms with Crippen LogP contribution in [0.3, 0.4) is 0 Å². The van der Waals surface area contributed by atoms with Gasteiger partial charge in [0.15, 0.2) is 0 Å². The number of alkyl halides is 3. The van der Waals surface area contributed by atoms with Gasteiger partial charge in [0.05, 0.1) is 16.4 Å². The number of aryl methyl sites for hydroxylation is 2. The number of halogens is 3. The van der Waals surface area contributed by atoms with Gasteiger partial charge in [0, 0.05) is 11.4 Å². The van der Waals surface area contributed by atoms with Crippen molar-refractivity contribution in [2.45, 2.75) is 44.6 Å². The maximum Gasteiger partial charge on any atom is 0.573 e. The summed E-state index contributed by atoms with van der Waals surface area (Å²) in [5.41, 5.74) is 1.54. The molecule has 11 heteroatoms. The molecule has 0 radical (unpaired) electrons. The summed E-state index contributed by atoms with van der Waals surface area (Å²) < 4.78 is 40.4. The van der Waals surface area contributed by atoms with Crippen molar-refractivity contribution in [3.8, 4) is 5.75 Å². The number of carbonyl (C=O) groups is 1. The summed E-state index contributed by atoms with van der Waals surface area (Å²) in [7, 11) is 0. The smallest absolute Gasteiger partial charge is 0.406 e. The monoisotopic (exact) mass is 485 g/mol. The van der Waals surface area contributed by atoms with E-state index in [4.69, 9.17) is 0 Å². The maximum atomic E-state index is 12.3. The van der Waals surface area contributed by atoms with Crippen LogP contribution in [-0.4, -0.2) is 34.0 Å². The van der Waals surface area contributed by atoms with Gasteiger partial charge in [-0.3, -0.25) is 9.59 Å². The third kappa shape index (κ3) is 6.26. The molecule has 0 fully saturated rings. The van der Waals surface area contributed by atoms with Crippen LogP contribution in [0.5, 0.6) is 5.75 Å². The Kier molecular flexibility index (Phi) is 7.50. The van der Waals surface area contributed by atoms with Crippen LogP contribution in [0.15, 0.2) is 29.1 Å². The summed E-state index contributed by atoms with van der Waals surface area (Å²) >= 11 is 2.83. The Hall–Kier alpha value is -2.53. The lowest BCUT2D eigenvalue weighted by atomic mass is 10.1. The number of aromatic amines is 1. The molecule has 32 heavy (non-hydrogen) atoms. The average Bonchev–Trinajstić information content (AvgIpc) is 3.00. The first kappa shape index (κ1) is 24.1. The summed E-state index contributed by atoms with van der Waals surface area (Å²) in [6.45, 7) is 5.96. The van der Waals surface area contributed by atoms with Crippen molar-refractivity contribution in [1.29, 1.82) is 0 Å². The highest BCUT2D eigenvalue weighted by atomic mass is 32.2.